The first-order valence-corrected chi connectivity index (χ1v) is 6.64. The molecule has 6 heteroatoms. The smallest absolute Gasteiger partial charge is 0.269 e. The van der Waals surface area contributed by atoms with Crippen molar-refractivity contribution in [2.24, 2.45) is 5.73 Å². The van der Waals surface area contributed by atoms with Crippen molar-refractivity contribution in [3.05, 3.63) is 47.9 Å². The van der Waals surface area contributed by atoms with Crippen LogP contribution in [0.15, 0.2) is 36.7 Å². The van der Waals surface area contributed by atoms with Crippen molar-refractivity contribution in [2.45, 2.75) is 13.0 Å². The van der Waals surface area contributed by atoms with Gasteiger partial charge in [-0.2, -0.15) is 5.10 Å². The highest BCUT2D eigenvalue weighted by Crippen LogP contribution is 2.23. The van der Waals surface area contributed by atoms with Crippen LogP contribution >= 0.6 is 0 Å². The average molecular weight is 284 g/mol. The number of aromatic amines is 1. The minimum atomic E-state index is -0.507. The number of rotatable bonds is 5. The summed E-state index contributed by atoms with van der Waals surface area (Å²) >= 11 is 0. The van der Waals surface area contributed by atoms with Gasteiger partial charge in [0.2, 0.25) is 0 Å². The van der Waals surface area contributed by atoms with E-state index in [9.17, 15) is 4.79 Å². The van der Waals surface area contributed by atoms with Gasteiger partial charge in [0.25, 0.3) is 5.91 Å². The van der Waals surface area contributed by atoms with Crippen LogP contribution in [0.3, 0.4) is 0 Å². The van der Waals surface area contributed by atoms with E-state index in [0.29, 0.717) is 12.2 Å². The summed E-state index contributed by atoms with van der Waals surface area (Å²) in [4.78, 5) is 14.3. The Hall–Kier alpha value is -2.76. The topological polar surface area (TPSA) is 85.9 Å². The van der Waals surface area contributed by atoms with Crippen molar-refractivity contribution in [3.8, 4) is 5.75 Å². The van der Waals surface area contributed by atoms with Gasteiger partial charge in [0.1, 0.15) is 11.4 Å². The van der Waals surface area contributed by atoms with Crippen molar-refractivity contribution < 1.29 is 9.53 Å². The molecule has 0 fully saturated rings. The summed E-state index contributed by atoms with van der Waals surface area (Å²) in [6.45, 7) is 0.687. The Kier molecular flexibility index (Phi) is 3.35. The summed E-state index contributed by atoms with van der Waals surface area (Å²) in [6.07, 6.45) is 4.56. The van der Waals surface area contributed by atoms with Crippen LogP contribution in [0.4, 0.5) is 0 Å². The molecule has 0 unspecified atom stereocenters. The fourth-order valence-corrected chi connectivity index (χ4v) is 2.35. The van der Waals surface area contributed by atoms with E-state index < -0.39 is 5.91 Å². The predicted molar refractivity (Wildman–Crippen MR) is 79.3 cm³/mol. The maximum Gasteiger partial charge on any atom is 0.269 e. The second-order valence-electron chi connectivity index (χ2n) is 4.80. The normalized spacial score (nSPS) is 10.9. The third-order valence-corrected chi connectivity index (χ3v) is 3.48. The van der Waals surface area contributed by atoms with Crippen LogP contribution in [0.2, 0.25) is 0 Å². The van der Waals surface area contributed by atoms with E-state index in [1.807, 2.05) is 24.4 Å². The molecule has 0 spiro atoms. The lowest BCUT2D eigenvalue weighted by molar-refractivity contribution is 0.0994. The maximum absolute atomic E-state index is 11.0. The number of ether oxygens (including phenoxy) is 1. The molecule has 1 aromatic carbocycles. The second kappa shape index (κ2) is 5.32. The summed E-state index contributed by atoms with van der Waals surface area (Å²) in [5.74, 6) is 0.321. The Morgan fingerprint density at radius 3 is 3.00 bits per heavy atom. The number of hydrogen-bond donors (Lipinski definition) is 2. The van der Waals surface area contributed by atoms with E-state index in [1.165, 1.54) is 5.56 Å². The number of carbonyl (C=O) groups is 1. The van der Waals surface area contributed by atoms with Gasteiger partial charge in [0.15, 0.2) is 0 Å². The fraction of sp³-hybridized carbons (Fsp3) is 0.200. The number of H-pyrrole nitrogens is 1. The molecule has 0 aliphatic rings. The number of aromatic nitrogens is 3. The highest BCUT2D eigenvalue weighted by Gasteiger charge is 2.07. The molecule has 0 radical (unpaired) electrons. The zero-order valence-electron chi connectivity index (χ0n) is 11.7. The highest BCUT2D eigenvalue weighted by atomic mass is 16.5. The highest BCUT2D eigenvalue weighted by molar-refractivity contribution is 5.90. The maximum atomic E-state index is 11.0. The predicted octanol–water partition coefficient (Wildman–Crippen LogP) is 1.71. The molecular weight excluding hydrogens is 268 g/mol. The molecule has 6 nitrogen and oxygen atoms in total. The van der Waals surface area contributed by atoms with Crippen LogP contribution in [-0.2, 0) is 13.0 Å². The van der Waals surface area contributed by atoms with Gasteiger partial charge in [-0.25, -0.2) is 0 Å². The number of primary amides is 1. The van der Waals surface area contributed by atoms with E-state index in [-0.39, 0.29) is 0 Å². The first-order chi connectivity index (χ1) is 10.2. The van der Waals surface area contributed by atoms with Crippen molar-refractivity contribution in [1.82, 2.24) is 14.8 Å². The molecule has 0 aliphatic heterocycles. The lowest BCUT2D eigenvalue weighted by atomic mass is 10.1. The average Bonchev–Trinajstić information content (AvgIpc) is 3.11. The first kappa shape index (κ1) is 13.2. The molecule has 3 rings (SSSR count). The van der Waals surface area contributed by atoms with E-state index in [4.69, 9.17) is 10.5 Å². The lowest BCUT2D eigenvalue weighted by Gasteiger charge is -2.02. The minimum absolute atomic E-state index is 0.290. The van der Waals surface area contributed by atoms with Crippen LogP contribution in [0.25, 0.3) is 10.9 Å². The standard InChI is InChI=1S/C15H16N4O2/c1-21-11-2-3-12-10(9-17-14(12)8-11)4-6-19-7-5-13(18-19)15(16)20/h2-3,5,7-9,17H,4,6H2,1H3,(H2,16,20). The molecule has 3 N–H and O–H groups in total. The summed E-state index contributed by atoms with van der Waals surface area (Å²) in [7, 11) is 1.65. The molecule has 3 aromatic rings. The second-order valence-corrected chi connectivity index (χ2v) is 4.80. The van der Waals surface area contributed by atoms with E-state index >= 15 is 0 Å². The Bertz CT molecular complexity index is 788. The molecule has 0 atom stereocenters. The minimum Gasteiger partial charge on any atom is -0.497 e. The zero-order chi connectivity index (χ0) is 14.8. The zero-order valence-corrected chi connectivity index (χ0v) is 11.7. The molecule has 108 valence electrons. The molecular formula is C15H16N4O2. The van der Waals surface area contributed by atoms with Crippen LogP contribution in [0, 0.1) is 0 Å². The van der Waals surface area contributed by atoms with Gasteiger partial charge in [-0.15, -0.1) is 0 Å². The molecule has 2 aromatic heterocycles. The number of fused-ring (bicyclic) bond motifs is 1. The largest absolute Gasteiger partial charge is 0.497 e. The molecule has 1 amide bonds. The van der Waals surface area contributed by atoms with Gasteiger partial charge in [-0.05, 0) is 30.2 Å². The number of aryl methyl sites for hydroxylation is 2. The quantitative estimate of drug-likeness (QED) is 0.748. The molecule has 0 saturated carbocycles. The van der Waals surface area contributed by atoms with Gasteiger partial charge >= 0.3 is 0 Å². The molecule has 0 bridgehead atoms. The van der Waals surface area contributed by atoms with Crippen molar-refractivity contribution in [2.75, 3.05) is 7.11 Å². The molecule has 0 aliphatic carbocycles. The number of nitrogens with zero attached hydrogens (tertiary/aromatic N) is 2. The number of hydrogen-bond acceptors (Lipinski definition) is 3. The van der Waals surface area contributed by atoms with Crippen molar-refractivity contribution >= 4 is 16.8 Å². The molecule has 0 saturated heterocycles. The number of methoxy groups -OCH3 is 1. The van der Waals surface area contributed by atoms with Crippen molar-refractivity contribution in [1.29, 1.82) is 0 Å². The third kappa shape index (κ3) is 2.60. The molecule has 2 heterocycles. The summed E-state index contributed by atoms with van der Waals surface area (Å²) in [5.41, 5.74) is 7.72. The number of carbonyl (C=O) groups excluding carboxylic acids is 1. The van der Waals surface area contributed by atoms with E-state index in [1.54, 1.807) is 24.1 Å². The van der Waals surface area contributed by atoms with Gasteiger partial charge in [0, 0.05) is 35.9 Å². The number of amides is 1. The van der Waals surface area contributed by atoms with Crippen LogP contribution in [-0.4, -0.2) is 27.8 Å². The number of benzene rings is 1. The van der Waals surface area contributed by atoms with Crippen LogP contribution < -0.4 is 10.5 Å². The van der Waals surface area contributed by atoms with Crippen LogP contribution in [0.5, 0.6) is 5.75 Å². The van der Waals surface area contributed by atoms with Gasteiger partial charge in [-0.3, -0.25) is 9.48 Å². The van der Waals surface area contributed by atoms with E-state index in [2.05, 4.69) is 10.1 Å². The Morgan fingerprint density at radius 1 is 1.43 bits per heavy atom. The number of nitrogens with one attached hydrogen (secondary N) is 1. The summed E-state index contributed by atoms with van der Waals surface area (Å²) in [6, 6.07) is 7.58. The third-order valence-electron chi connectivity index (χ3n) is 3.48. The van der Waals surface area contributed by atoms with Gasteiger partial charge < -0.3 is 15.5 Å². The number of nitrogens with two attached hydrogens (primary N) is 1. The molecule has 21 heavy (non-hydrogen) atoms. The van der Waals surface area contributed by atoms with Crippen molar-refractivity contribution in [3.63, 3.8) is 0 Å². The first-order valence-electron chi connectivity index (χ1n) is 6.64. The Labute approximate surface area is 121 Å². The van der Waals surface area contributed by atoms with Gasteiger partial charge in [0.05, 0.1) is 7.11 Å². The summed E-state index contributed by atoms with van der Waals surface area (Å²) < 4.78 is 6.93. The van der Waals surface area contributed by atoms with Crippen LogP contribution in [0.1, 0.15) is 16.1 Å². The Balaban J connectivity index is 1.77. The van der Waals surface area contributed by atoms with Gasteiger partial charge in [-0.1, -0.05) is 0 Å². The summed E-state index contributed by atoms with van der Waals surface area (Å²) in [5, 5.41) is 5.29. The lowest BCUT2D eigenvalue weighted by Crippen LogP contribution is -2.12. The van der Waals surface area contributed by atoms with E-state index in [0.717, 1.165) is 23.1 Å². The SMILES string of the molecule is COc1ccc2c(CCn3ccc(C(N)=O)n3)c[nH]c2c1. The fourth-order valence-electron chi connectivity index (χ4n) is 2.35. The Morgan fingerprint density at radius 2 is 2.29 bits per heavy atom. The monoisotopic (exact) mass is 284 g/mol.